The van der Waals surface area contributed by atoms with Gasteiger partial charge in [0.05, 0.1) is 18.6 Å². The van der Waals surface area contributed by atoms with Crippen molar-refractivity contribution in [2.75, 3.05) is 45.3 Å². The monoisotopic (exact) mass is 557 g/mol. The first-order valence-corrected chi connectivity index (χ1v) is 14.6. The summed E-state index contributed by atoms with van der Waals surface area (Å²) in [4.78, 5) is 7.07. The van der Waals surface area contributed by atoms with E-state index < -0.39 is 0 Å². The highest BCUT2D eigenvalue weighted by molar-refractivity contribution is 5.61. The number of fused-ring (bicyclic) bond motifs is 1. The third kappa shape index (κ3) is 7.54. The fraction of sp³-hybridized carbons (Fsp3) is 0.441. The van der Waals surface area contributed by atoms with Gasteiger partial charge in [-0.2, -0.15) is 0 Å². The summed E-state index contributed by atoms with van der Waals surface area (Å²) in [5.41, 5.74) is 3.50. The van der Waals surface area contributed by atoms with Crippen LogP contribution < -0.4 is 20.6 Å². The third-order valence-corrected chi connectivity index (χ3v) is 7.87. The van der Waals surface area contributed by atoms with E-state index in [9.17, 15) is 0 Å². The Balaban J connectivity index is 1.22. The topological polar surface area (TPSA) is 65.1 Å². The van der Waals surface area contributed by atoms with Gasteiger partial charge in [0, 0.05) is 55.6 Å². The second kappa shape index (κ2) is 13.2. The fourth-order valence-corrected chi connectivity index (χ4v) is 5.24. The van der Waals surface area contributed by atoms with Crippen LogP contribution in [0, 0.1) is 0 Å². The predicted molar refractivity (Wildman–Crippen MR) is 164 cm³/mol. The molecule has 2 heterocycles. The van der Waals surface area contributed by atoms with E-state index in [1.807, 2.05) is 36.4 Å². The molecule has 7 nitrogen and oxygen atoms in total. The van der Waals surface area contributed by atoms with Crippen LogP contribution in [0.15, 0.2) is 60.8 Å². The molecule has 0 bridgehead atoms. The Hall–Kier alpha value is -3.23. The van der Waals surface area contributed by atoms with Crippen LogP contribution >= 0.6 is 0 Å². The first-order chi connectivity index (χ1) is 19.8. The molecular formula is C34H43N3O4. The number of morpholine rings is 1. The van der Waals surface area contributed by atoms with E-state index in [1.54, 1.807) is 13.3 Å². The number of nitrogens with one attached hydrogen (secondary N) is 1. The average molecular weight is 558 g/mol. The highest BCUT2D eigenvalue weighted by Crippen LogP contribution is 2.26. The zero-order chi connectivity index (χ0) is 28.8. The maximum absolute atomic E-state index is 6.31. The van der Waals surface area contributed by atoms with E-state index in [0.717, 1.165) is 66.2 Å². The van der Waals surface area contributed by atoms with Crippen LogP contribution in [0.3, 0.4) is 0 Å². The summed E-state index contributed by atoms with van der Waals surface area (Å²) in [6.45, 7) is 13.2. The van der Waals surface area contributed by atoms with Crippen LogP contribution in [0.25, 0.3) is 12.2 Å². The van der Waals surface area contributed by atoms with Gasteiger partial charge in [-0.3, -0.25) is 9.88 Å². The van der Waals surface area contributed by atoms with E-state index in [4.69, 9.17) is 18.9 Å². The summed E-state index contributed by atoms with van der Waals surface area (Å²) in [5, 5.41) is 5.23. The summed E-state index contributed by atoms with van der Waals surface area (Å²) in [6.07, 6.45) is 6.43. The molecule has 0 amide bonds. The molecule has 2 aromatic carbocycles. The first-order valence-electron chi connectivity index (χ1n) is 14.6. The van der Waals surface area contributed by atoms with Crippen molar-refractivity contribution in [1.29, 1.82) is 0 Å². The lowest BCUT2D eigenvalue weighted by Crippen LogP contribution is -2.44. The average Bonchev–Trinajstić information content (AvgIpc) is 2.98. The molecule has 3 atom stereocenters. The number of benzene rings is 2. The van der Waals surface area contributed by atoms with Gasteiger partial charge in [-0.15, -0.1) is 0 Å². The molecule has 218 valence electrons. The third-order valence-electron chi connectivity index (χ3n) is 7.87. The number of methoxy groups -OCH3 is 1. The molecule has 1 fully saturated rings. The lowest BCUT2D eigenvalue weighted by atomic mass is 9.87. The zero-order valence-corrected chi connectivity index (χ0v) is 24.9. The van der Waals surface area contributed by atoms with Gasteiger partial charge in [0.1, 0.15) is 23.7 Å². The van der Waals surface area contributed by atoms with Crippen molar-refractivity contribution < 1.29 is 18.9 Å². The molecule has 1 N–H and O–H groups in total. The smallest absolute Gasteiger partial charge is 0.138 e. The van der Waals surface area contributed by atoms with Crippen LogP contribution in [-0.4, -0.2) is 68.2 Å². The molecule has 3 aromatic rings. The normalized spacial score (nSPS) is 19.9. The van der Waals surface area contributed by atoms with Crippen molar-refractivity contribution in [2.24, 2.45) is 0 Å². The summed E-state index contributed by atoms with van der Waals surface area (Å²) in [7, 11) is 1.71. The van der Waals surface area contributed by atoms with Crippen LogP contribution in [0.5, 0.6) is 11.5 Å². The minimum Gasteiger partial charge on any atom is -0.457 e. The number of ether oxygens (including phenoxy) is 4. The predicted octanol–water partition coefficient (Wildman–Crippen LogP) is 5.00. The van der Waals surface area contributed by atoms with Gasteiger partial charge in [-0.1, -0.05) is 32.9 Å². The molecule has 3 unspecified atom stereocenters. The molecule has 5 rings (SSSR count). The molecule has 41 heavy (non-hydrogen) atoms. The Morgan fingerprint density at radius 3 is 2.29 bits per heavy atom. The van der Waals surface area contributed by atoms with Gasteiger partial charge in [0.25, 0.3) is 0 Å². The number of rotatable bonds is 10. The maximum Gasteiger partial charge on any atom is 0.138 e. The van der Waals surface area contributed by atoms with Gasteiger partial charge in [0.15, 0.2) is 0 Å². The van der Waals surface area contributed by atoms with Crippen LogP contribution in [0.2, 0.25) is 0 Å². The van der Waals surface area contributed by atoms with Crippen molar-refractivity contribution in [3.8, 4) is 11.5 Å². The molecule has 1 aromatic heterocycles. The van der Waals surface area contributed by atoms with Crippen LogP contribution in [-0.2, 0) is 19.6 Å². The summed E-state index contributed by atoms with van der Waals surface area (Å²) >= 11 is 0. The number of aromatic nitrogens is 1. The minimum absolute atomic E-state index is 0.137. The minimum atomic E-state index is -0.219. The highest BCUT2D eigenvalue weighted by atomic mass is 16.5. The SMILES string of the molecule is COC1C=c2c(Oc3ccc(Nc4ccc(C(C)(C)C)cc4)cc3)ccnc2=CC1OCCC(C)N1CCOCC1. The molecule has 1 saturated heterocycles. The standard InChI is InChI=1S/C34H43N3O4/c1-24(37-17-20-39-21-18-37)15-19-40-33-23-30-29(22-32(33)38-5)31(14-16-35-30)41-28-12-10-27(11-13-28)36-26-8-6-25(7-9-26)34(2,3)4/h6-14,16,22-24,32-33,36H,15,17-21H2,1-5H3. The second-order valence-electron chi connectivity index (χ2n) is 11.8. The van der Waals surface area contributed by atoms with Crippen LogP contribution in [0.4, 0.5) is 11.4 Å². The van der Waals surface area contributed by atoms with Gasteiger partial charge in [0.2, 0.25) is 0 Å². The Morgan fingerprint density at radius 1 is 0.951 bits per heavy atom. The lowest BCUT2D eigenvalue weighted by molar-refractivity contribution is -0.0143. The molecule has 0 spiro atoms. The number of pyridine rings is 1. The van der Waals surface area contributed by atoms with E-state index in [2.05, 4.69) is 73.2 Å². The van der Waals surface area contributed by atoms with Gasteiger partial charge < -0.3 is 24.3 Å². The molecule has 1 aliphatic heterocycles. The Kier molecular flexibility index (Phi) is 9.40. The van der Waals surface area contributed by atoms with E-state index >= 15 is 0 Å². The Morgan fingerprint density at radius 2 is 1.63 bits per heavy atom. The molecule has 0 saturated carbocycles. The number of hydrogen-bond acceptors (Lipinski definition) is 7. The zero-order valence-electron chi connectivity index (χ0n) is 24.9. The Bertz CT molecular complexity index is 1390. The van der Waals surface area contributed by atoms with Crippen molar-refractivity contribution >= 4 is 23.5 Å². The molecular weight excluding hydrogens is 514 g/mol. The number of nitrogens with zero attached hydrogens (tertiary/aromatic N) is 2. The van der Waals surface area contributed by atoms with Crippen molar-refractivity contribution in [3.05, 3.63) is 76.9 Å². The number of anilines is 2. The van der Waals surface area contributed by atoms with Crippen molar-refractivity contribution in [1.82, 2.24) is 9.88 Å². The fourth-order valence-electron chi connectivity index (χ4n) is 5.24. The maximum atomic E-state index is 6.31. The van der Waals surface area contributed by atoms with E-state index in [1.165, 1.54) is 5.56 Å². The first kappa shape index (κ1) is 29.3. The highest BCUT2D eigenvalue weighted by Gasteiger charge is 2.24. The van der Waals surface area contributed by atoms with Gasteiger partial charge in [-0.25, -0.2) is 0 Å². The molecule has 1 aliphatic carbocycles. The Labute approximate surface area is 243 Å². The molecule has 2 aliphatic rings. The van der Waals surface area contributed by atoms with Crippen molar-refractivity contribution in [3.63, 3.8) is 0 Å². The summed E-state index contributed by atoms with van der Waals surface area (Å²) in [5.74, 6) is 1.50. The van der Waals surface area contributed by atoms with Crippen molar-refractivity contribution in [2.45, 2.75) is 57.8 Å². The van der Waals surface area contributed by atoms with Gasteiger partial charge in [-0.05, 0) is 78.9 Å². The molecule has 7 heteroatoms. The molecule has 0 radical (unpaired) electrons. The summed E-state index contributed by atoms with van der Waals surface area (Å²) < 4.78 is 23.9. The van der Waals surface area contributed by atoms with Crippen LogP contribution in [0.1, 0.15) is 39.7 Å². The quantitative estimate of drug-likeness (QED) is 0.376. The van der Waals surface area contributed by atoms with E-state index in [0.29, 0.717) is 12.6 Å². The summed E-state index contributed by atoms with van der Waals surface area (Å²) in [6, 6.07) is 18.9. The lowest BCUT2D eigenvalue weighted by Gasteiger charge is -2.32. The van der Waals surface area contributed by atoms with E-state index in [-0.39, 0.29) is 17.6 Å². The number of hydrogen-bond donors (Lipinski definition) is 1. The van der Waals surface area contributed by atoms with Gasteiger partial charge >= 0.3 is 0 Å². The largest absolute Gasteiger partial charge is 0.457 e. The second-order valence-corrected chi connectivity index (χ2v) is 11.8.